The van der Waals surface area contributed by atoms with Crippen LogP contribution in [0.4, 0.5) is 0 Å². The third-order valence-corrected chi connectivity index (χ3v) is 3.19. The highest BCUT2D eigenvalue weighted by Crippen LogP contribution is 2.42. The van der Waals surface area contributed by atoms with Crippen LogP contribution in [0.2, 0.25) is 5.02 Å². The highest BCUT2D eigenvalue weighted by atomic mass is 35.5. The molecule has 0 atom stereocenters. The van der Waals surface area contributed by atoms with E-state index in [1.165, 1.54) is 7.11 Å². The number of hydrogen-bond donors (Lipinski definition) is 0. The quantitative estimate of drug-likeness (QED) is 0.742. The summed E-state index contributed by atoms with van der Waals surface area (Å²) in [6, 6.07) is 7.02. The number of carbonyl (C=O) groups excluding carboxylic acids is 2. The van der Waals surface area contributed by atoms with Crippen molar-refractivity contribution in [2.45, 2.75) is 18.3 Å². The van der Waals surface area contributed by atoms with E-state index in [0.717, 1.165) is 5.56 Å². The number of halogens is 1. The molecule has 0 radical (unpaired) electrons. The van der Waals surface area contributed by atoms with Gasteiger partial charge in [-0.3, -0.25) is 9.59 Å². The van der Waals surface area contributed by atoms with Gasteiger partial charge in [0, 0.05) is 17.9 Å². The molecule has 1 aliphatic rings. The largest absolute Gasteiger partial charge is 0.468 e. The normalized spacial score (nSPS) is 17.8. The molecule has 0 heterocycles. The van der Waals surface area contributed by atoms with Crippen molar-refractivity contribution in [3.63, 3.8) is 0 Å². The molecule has 0 saturated heterocycles. The molecule has 1 aromatic rings. The molecule has 84 valence electrons. The second-order valence-electron chi connectivity index (χ2n) is 3.98. The van der Waals surface area contributed by atoms with Crippen molar-refractivity contribution in [2.24, 2.45) is 0 Å². The number of benzene rings is 1. The van der Waals surface area contributed by atoms with E-state index in [2.05, 4.69) is 0 Å². The summed E-state index contributed by atoms with van der Waals surface area (Å²) in [5.41, 5.74) is -0.0528. The molecular formula is C12H11ClO3. The van der Waals surface area contributed by atoms with Crippen molar-refractivity contribution in [3.05, 3.63) is 34.9 Å². The molecule has 1 aliphatic carbocycles. The number of hydrogen-bond acceptors (Lipinski definition) is 3. The minimum Gasteiger partial charge on any atom is -0.468 e. The number of carbonyl (C=O) groups is 2. The Morgan fingerprint density at radius 2 is 2.12 bits per heavy atom. The fourth-order valence-electron chi connectivity index (χ4n) is 2.07. The van der Waals surface area contributed by atoms with E-state index in [1.54, 1.807) is 24.3 Å². The van der Waals surface area contributed by atoms with Crippen LogP contribution in [0.15, 0.2) is 24.3 Å². The number of ketones is 1. The van der Waals surface area contributed by atoms with Crippen LogP contribution in [-0.4, -0.2) is 18.9 Å². The molecule has 3 nitrogen and oxygen atoms in total. The highest BCUT2D eigenvalue weighted by molar-refractivity contribution is 6.30. The predicted octanol–water partition coefficient (Wildman–Crippen LogP) is 2.11. The van der Waals surface area contributed by atoms with Gasteiger partial charge in [-0.1, -0.05) is 23.7 Å². The van der Waals surface area contributed by atoms with Crippen LogP contribution in [0.1, 0.15) is 18.4 Å². The van der Waals surface area contributed by atoms with Crippen LogP contribution in [0.25, 0.3) is 0 Å². The van der Waals surface area contributed by atoms with Gasteiger partial charge in [-0.2, -0.15) is 0 Å². The Kier molecular flexibility index (Phi) is 2.72. The molecule has 0 aliphatic heterocycles. The number of Topliss-reactive ketones (excluding diaryl/α,β-unsaturated/α-hetero) is 1. The van der Waals surface area contributed by atoms with Crippen molar-refractivity contribution >= 4 is 23.4 Å². The summed E-state index contributed by atoms with van der Waals surface area (Å²) in [4.78, 5) is 22.9. The minimum atomic E-state index is -0.809. The molecule has 0 aromatic heterocycles. The molecular weight excluding hydrogens is 228 g/mol. The summed E-state index contributed by atoms with van der Waals surface area (Å²) in [5, 5.41) is 0.556. The number of esters is 1. The first-order valence-electron chi connectivity index (χ1n) is 4.95. The third-order valence-electron chi connectivity index (χ3n) is 2.95. The molecule has 16 heavy (non-hydrogen) atoms. The summed E-state index contributed by atoms with van der Waals surface area (Å²) in [7, 11) is 1.33. The maximum absolute atomic E-state index is 11.8. The molecule has 0 bridgehead atoms. The van der Waals surface area contributed by atoms with E-state index >= 15 is 0 Å². The van der Waals surface area contributed by atoms with Gasteiger partial charge in [-0.25, -0.2) is 0 Å². The molecule has 0 amide bonds. The number of ether oxygens (including phenoxy) is 1. The van der Waals surface area contributed by atoms with Crippen molar-refractivity contribution in [1.29, 1.82) is 0 Å². The van der Waals surface area contributed by atoms with Crippen LogP contribution >= 0.6 is 11.6 Å². The monoisotopic (exact) mass is 238 g/mol. The zero-order valence-electron chi connectivity index (χ0n) is 8.83. The predicted molar refractivity (Wildman–Crippen MR) is 59.4 cm³/mol. The Hall–Kier alpha value is -1.35. The summed E-state index contributed by atoms with van der Waals surface area (Å²) >= 11 is 5.88. The lowest BCUT2D eigenvalue weighted by molar-refractivity contribution is -0.156. The highest BCUT2D eigenvalue weighted by Gasteiger charge is 2.52. The molecule has 0 spiro atoms. The molecule has 4 heteroatoms. The van der Waals surface area contributed by atoms with Crippen molar-refractivity contribution in [2.75, 3.05) is 7.11 Å². The standard InChI is InChI=1S/C12H11ClO3/c1-16-11(15)12(6-10(14)7-12)8-3-2-4-9(13)5-8/h2-5H,6-7H2,1H3. The summed E-state index contributed by atoms with van der Waals surface area (Å²) in [6.45, 7) is 0. The van der Waals surface area contributed by atoms with Crippen molar-refractivity contribution < 1.29 is 14.3 Å². The lowest BCUT2D eigenvalue weighted by Crippen LogP contribution is -2.48. The van der Waals surface area contributed by atoms with Crippen molar-refractivity contribution in [3.8, 4) is 0 Å². The average Bonchev–Trinajstić information content (AvgIpc) is 2.23. The Labute approximate surface area is 98.4 Å². The van der Waals surface area contributed by atoms with Crippen LogP contribution in [-0.2, 0) is 19.7 Å². The van der Waals surface area contributed by atoms with Gasteiger partial charge in [0.15, 0.2) is 0 Å². The van der Waals surface area contributed by atoms with E-state index in [4.69, 9.17) is 16.3 Å². The van der Waals surface area contributed by atoms with Gasteiger partial charge in [-0.15, -0.1) is 0 Å². The smallest absolute Gasteiger partial charge is 0.317 e. The summed E-state index contributed by atoms with van der Waals surface area (Å²) in [6.07, 6.45) is 0.417. The topological polar surface area (TPSA) is 43.4 Å². The first-order valence-corrected chi connectivity index (χ1v) is 5.32. The SMILES string of the molecule is COC(=O)C1(c2cccc(Cl)c2)CC(=O)C1. The van der Waals surface area contributed by atoms with Gasteiger partial charge >= 0.3 is 5.97 Å². The van der Waals surface area contributed by atoms with E-state index in [9.17, 15) is 9.59 Å². The number of methoxy groups -OCH3 is 1. The second kappa shape index (κ2) is 3.91. The Bertz CT molecular complexity index is 445. The first-order chi connectivity index (χ1) is 7.58. The molecule has 2 rings (SSSR count). The van der Waals surface area contributed by atoms with Gasteiger partial charge < -0.3 is 4.74 Å². The van der Waals surface area contributed by atoms with Crippen molar-refractivity contribution in [1.82, 2.24) is 0 Å². The Balaban J connectivity index is 2.41. The van der Waals surface area contributed by atoms with Gasteiger partial charge in [0.05, 0.1) is 7.11 Å². The molecule has 1 saturated carbocycles. The van der Waals surface area contributed by atoms with Crippen LogP contribution < -0.4 is 0 Å². The zero-order valence-corrected chi connectivity index (χ0v) is 9.58. The molecule has 1 aromatic carbocycles. The Morgan fingerprint density at radius 3 is 2.62 bits per heavy atom. The molecule has 0 unspecified atom stereocenters. The summed E-state index contributed by atoms with van der Waals surface area (Å²) in [5.74, 6) is -0.292. The maximum Gasteiger partial charge on any atom is 0.317 e. The van der Waals surface area contributed by atoms with Crippen LogP contribution in [0.3, 0.4) is 0 Å². The first kappa shape index (κ1) is 11.1. The summed E-state index contributed by atoms with van der Waals surface area (Å²) < 4.78 is 4.77. The van der Waals surface area contributed by atoms with Gasteiger partial charge in [0.1, 0.15) is 11.2 Å². The van der Waals surface area contributed by atoms with E-state index in [1.807, 2.05) is 0 Å². The second-order valence-corrected chi connectivity index (χ2v) is 4.41. The van der Waals surface area contributed by atoms with E-state index < -0.39 is 5.41 Å². The lowest BCUT2D eigenvalue weighted by Gasteiger charge is -2.37. The van der Waals surface area contributed by atoms with Gasteiger partial charge in [0.2, 0.25) is 0 Å². The minimum absolute atomic E-state index is 0.0744. The molecule has 0 N–H and O–H groups in total. The van der Waals surface area contributed by atoms with Crippen LogP contribution in [0.5, 0.6) is 0 Å². The third kappa shape index (κ3) is 1.61. The number of rotatable bonds is 2. The molecule has 1 fully saturated rings. The van der Waals surface area contributed by atoms with E-state index in [0.29, 0.717) is 5.02 Å². The maximum atomic E-state index is 11.8. The zero-order chi connectivity index (χ0) is 11.8. The van der Waals surface area contributed by atoms with Crippen LogP contribution in [0, 0.1) is 0 Å². The fourth-order valence-corrected chi connectivity index (χ4v) is 2.26. The average molecular weight is 239 g/mol. The fraction of sp³-hybridized carbons (Fsp3) is 0.333. The van der Waals surface area contributed by atoms with E-state index in [-0.39, 0.29) is 24.6 Å². The lowest BCUT2D eigenvalue weighted by atomic mass is 9.63. The van der Waals surface area contributed by atoms with Gasteiger partial charge in [-0.05, 0) is 17.7 Å². The Morgan fingerprint density at radius 1 is 1.44 bits per heavy atom. The van der Waals surface area contributed by atoms with Gasteiger partial charge in [0.25, 0.3) is 0 Å².